The zero-order chi connectivity index (χ0) is 23.0. The Kier molecular flexibility index (Phi) is 7.05. The molecular weight excluding hydrogens is 414 g/mol. The number of carbonyl (C=O) groups excluding carboxylic acids is 1. The normalized spacial score (nSPS) is 10.6. The lowest BCUT2D eigenvalue weighted by molar-refractivity contribution is 0.0950. The molecule has 0 atom stereocenters. The molecule has 0 unspecified atom stereocenters. The molecule has 168 valence electrons. The Morgan fingerprint density at radius 3 is 2.24 bits per heavy atom. The van der Waals surface area contributed by atoms with Crippen LogP contribution in [0.3, 0.4) is 0 Å². The van der Waals surface area contributed by atoms with Crippen molar-refractivity contribution in [3.05, 3.63) is 96.2 Å². The maximum absolute atomic E-state index is 12.9. The standard InChI is InChI=1S/C27H27N3O3/c1-3-32-24-16-15-21(17-25(24)33-4-2)27(31)28-18-22-19-30(23-13-9-6-10-14-23)29-26(22)20-11-7-5-8-12-20/h5-17,19H,3-4,18H2,1-2H3,(H,28,31). The van der Waals surface area contributed by atoms with Crippen molar-refractivity contribution in [3.63, 3.8) is 0 Å². The third kappa shape index (κ3) is 5.23. The summed E-state index contributed by atoms with van der Waals surface area (Å²) in [6, 6.07) is 25.1. The van der Waals surface area contributed by atoms with E-state index in [1.807, 2.05) is 85.4 Å². The van der Waals surface area contributed by atoms with E-state index in [-0.39, 0.29) is 5.91 Å². The topological polar surface area (TPSA) is 65.4 Å². The molecule has 0 bridgehead atoms. The molecule has 0 radical (unpaired) electrons. The van der Waals surface area contributed by atoms with Crippen molar-refractivity contribution in [2.45, 2.75) is 20.4 Å². The van der Waals surface area contributed by atoms with Gasteiger partial charge in [-0.3, -0.25) is 4.79 Å². The van der Waals surface area contributed by atoms with Gasteiger partial charge in [-0.25, -0.2) is 4.68 Å². The zero-order valence-electron chi connectivity index (χ0n) is 18.8. The van der Waals surface area contributed by atoms with Crippen LogP contribution < -0.4 is 14.8 Å². The number of hydrogen-bond acceptors (Lipinski definition) is 4. The zero-order valence-corrected chi connectivity index (χ0v) is 18.8. The Labute approximate surface area is 193 Å². The van der Waals surface area contributed by atoms with E-state index in [0.717, 1.165) is 22.5 Å². The fraction of sp³-hybridized carbons (Fsp3) is 0.185. The summed E-state index contributed by atoms with van der Waals surface area (Å²) in [5.74, 6) is 1.01. The molecule has 1 aromatic heterocycles. The third-order valence-electron chi connectivity index (χ3n) is 5.10. The summed E-state index contributed by atoms with van der Waals surface area (Å²) in [6.07, 6.45) is 1.96. The quantitative estimate of drug-likeness (QED) is 0.384. The number of nitrogens with zero attached hydrogens (tertiary/aromatic N) is 2. The Morgan fingerprint density at radius 2 is 1.55 bits per heavy atom. The molecule has 4 aromatic rings. The lowest BCUT2D eigenvalue weighted by Gasteiger charge is -2.12. The number of para-hydroxylation sites is 1. The molecule has 1 N–H and O–H groups in total. The molecular formula is C27H27N3O3. The minimum absolute atomic E-state index is 0.189. The largest absolute Gasteiger partial charge is 0.490 e. The van der Waals surface area contributed by atoms with E-state index in [4.69, 9.17) is 14.6 Å². The molecule has 6 heteroatoms. The minimum Gasteiger partial charge on any atom is -0.490 e. The first-order valence-electron chi connectivity index (χ1n) is 11.1. The second kappa shape index (κ2) is 10.5. The molecule has 6 nitrogen and oxygen atoms in total. The number of carbonyl (C=O) groups is 1. The highest BCUT2D eigenvalue weighted by Crippen LogP contribution is 2.29. The molecule has 0 aliphatic heterocycles. The van der Waals surface area contributed by atoms with E-state index < -0.39 is 0 Å². The maximum atomic E-state index is 12.9. The predicted molar refractivity (Wildman–Crippen MR) is 129 cm³/mol. The predicted octanol–water partition coefficient (Wildman–Crippen LogP) is 5.27. The molecule has 3 aromatic carbocycles. The van der Waals surface area contributed by atoms with Crippen molar-refractivity contribution in [2.24, 2.45) is 0 Å². The van der Waals surface area contributed by atoms with E-state index in [2.05, 4.69) is 5.32 Å². The van der Waals surface area contributed by atoms with Crippen LogP contribution in [0.1, 0.15) is 29.8 Å². The van der Waals surface area contributed by atoms with Gasteiger partial charge in [-0.05, 0) is 44.2 Å². The van der Waals surface area contributed by atoms with Crippen molar-refractivity contribution >= 4 is 5.91 Å². The van der Waals surface area contributed by atoms with Gasteiger partial charge in [0.25, 0.3) is 5.91 Å². The Hall–Kier alpha value is -4.06. The Morgan fingerprint density at radius 1 is 0.879 bits per heavy atom. The first-order valence-corrected chi connectivity index (χ1v) is 11.1. The summed E-state index contributed by atoms with van der Waals surface area (Å²) in [5.41, 5.74) is 4.23. The van der Waals surface area contributed by atoms with Crippen LogP contribution in [0.4, 0.5) is 0 Å². The molecule has 4 rings (SSSR count). The summed E-state index contributed by atoms with van der Waals surface area (Å²) in [5, 5.41) is 7.82. The molecule has 0 saturated carbocycles. The van der Waals surface area contributed by atoms with Crippen LogP contribution in [0.2, 0.25) is 0 Å². The van der Waals surface area contributed by atoms with Crippen LogP contribution in [0, 0.1) is 0 Å². The molecule has 0 spiro atoms. The van der Waals surface area contributed by atoms with Gasteiger partial charge in [-0.1, -0.05) is 48.5 Å². The highest BCUT2D eigenvalue weighted by molar-refractivity contribution is 5.95. The SMILES string of the molecule is CCOc1ccc(C(=O)NCc2cn(-c3ccccc3)nc2-c2ccccc2)cc1OCC. The lowest BCUT2D eigenvalue weighted by atomic mass is 10.1. The van der Waals surface area contributed by atoms with E-state index in [0.29, 0.717) is 36.8 Å². The van der Waals surface area contributed by atoms with Crippen LogP contribution in [0.15, 0.2) is 85.1 Å². The second-order valence-electron chi connectivity index (χ2n) is 7.36. The average molecular weight is 442 g/mol. The van der Waals surface area contributed by atoms with Gasteiger partial charge in [-0.2, -0.15) is 5.10 Å². The average Bonchev–Trinajstić information content (AvgIpc) is 3.29. The summed E-state index contributed by atoms with van der Waals surface area (Å²) in [6.45, 7) is 5.17. The van der Waals surface area contributed by atoms with Gasteiger partial charge in [0, 0.05) is 29.4 Å². The van der Waals surface area contributed by atoms with Crippen LogP contribution in [0.5, 0.6) is 11.5 Å². The van der Waals surface area contributed by atoms with Gasteiger partial charge in [0.15, 0.2) is 11.5 Å². The van der Waals surface area contributed by atoms with Gasteiger partial charge in [0.05, 0.1) is 24.6 Å². The fourth-order valence-electron chi connectivity index (χ4n) is 3.56. The van der Waals surface area contributed by atoms with Crippen LogP contribution in [0.25, 0.3) is 16.9 Å². The maximum Gasteiger partial charge on any atom is 0.251 e. The molecule has 0 fully saturated rings. The molecule has 1 heterocycles. The summed E-state index contributed by atoms with van der Waals surface area (Å²) in [7, 11) is 0. The number of amides is 1. The van der Waals surface area contributed by atoms with Crippen molar-refractivity contribution in [1.82, 2.24) is 15.1 Å². The smallest absolute Gasteiger partial charge is 0.251 e. The van der Waals surface area contributed by atoms with E-state index in [1.54, 1.807) is 18.2 Å². The minimum atomic E-state index is -0.189. The van der Waals surface area contributed by atoms with E-state index in [9.17, 15) is 4.79 Å². The number of hydrogen-bond donors (Lipinski definition) is 1. The monoisotopic (exact) mass is 441 g/mol. The van der Waals surface area contributed by atoms with Gasteiger partial charge >= 0.3 is 0 Å². The summed E-state index contributed by atoms with van der Waals surface area (Å²) in [4.78, 5) is 12.9. The first-order chi connectivity index (χ1) is 16.2. The number of aromatic nitrogens is 2. The van der Waals surface area contributed by atoms with Crippen molar-refractivity contribution in [3.8, 4) is 28.4 Å². The lowest BCUT2D eigenvalue weighted by Crippen LogP contribution is -2.23. The number of nitrogens with one attached hydrogen (secondary N) is 1. The summed E-state index contributed by atoms with van der Waals surface area (Å²) < 4.78 is 13.1. The van der Waals surface area contributed by atoms with Crippen LogP contribution >= 0.6 is 0 Å². The van der Waals surface area contributed by atoms with Gasteiger partial charge in [-0.15, -0.1) is 0 Å². The van der Waals surface area contributed by atoms with Crippen LogP contribution in [-0.2, 0) is 6.54 Å². The Bertz CT molecular complexity index is 1200. The van der Waals surface area contributed by atoms with Crippen LogP contribution in [-0.4, -0.2) is 28.9 Å². The van der Waals surface area contributed by atoms with Crippen molar-refractivity contribution in [1.29, 1.82) is 0 Å². The molecule has 33 heavy (non-hydrogen) atoms. The van der Waals surface area contributed by atoms with Crippen molar-refractivity contribution < 1.29 is 14.3 Å². The number of ether oxygens (including phenoxy) is 2. The van der Waals surface area contributed by atoms with Gasteiger partial charge in [0.1, 0.15) is 0 Å². The molecule has 0 saturated heterocycles. The molecule has 0 aliphatic rings. The summed E-state index contributed by atoms with van der Waals surface area (Å²) >= 11 is 0. The third-order valence-corrected chi connectivity index (χ3v) is 5.10. The number of rotatable bonds is 9. The number of benzene rings is 3. The second-order valence-corrected chi connectivity index (χ2v) is 7.36. The first kappa shape index (κ1) is 22.1. The van der Waals surface area contributed by atoms with Gasteiger partial charge < -0.3 is 14.8 Å². The van der Waals surface area contributed by atoms with E-state index in [1.165, 1.54) is 0 Å². The fourth-order valence-corrected chi connectivity index (χ4v) is 3.56. The Balaban J connectivity index is 1.58. The molecule has 1 amide bonds. The molecule has 0 aliphatic carbocycles. The van der Waals surface area contributed by atoms with Gasteiger partial charge in [0.2, 0.25) is 0 Å². The van der Waals surface area contributed by atoms with Crippen molar-refractivity contribution in [2.75, 3.05) is 13.2 Å². The highest BCUT2D eigenvalue weighted by Gasteiger charge is 2.15. The van der Waals surface area contributed by atoms with E-state index >= 15 is 0 Å². The highest BCUT2D eigenvalue weighted by atomic mass is 16.5.